The lowest BCUT2D eigenvalue weighted by molar-refractivity contribution is -0.116. The third-order valence-electron chi connectivity index (χ3n) is 2.94. The highest BCUT2D eigenvalue weighted by Gasteiger charge is 2.09. The van der Waals surface area contributed by atoms with Crippen LogP contribution in [-0.2, 0) is 4.79 Å². The Balaban J connectivity index is 2.46. The molecule has 0 radical (unpaired) electrons. The van der Waals surface area contributed by atoms with E-state index >= 15 is 0 Å². The monoisotopic (exact) mass is 316 g/mol. The van der Waals surface area contributed by atoms with E-state index in [-0.39, 0.29) is 5.91 Å². The molecular formula is C15H22Cl2N2O. The molecule has 0 saturated carbocycles. The standard InChI is InChI=1S/C15H22Cl2N2O/c1-3-8-19(9-4-2)10-7-15(20)18-14-6-5-12(16)11-13(14)17/h5-6,11H,3-4,7-10H2,1-2H3,(H,18,20). The van der Waals surface area contributed by atoms with E-state index < -0.39 is 0 Å². The number of hydrogen-bond donors (Lipinski definition) is 1. The Morgan fingerprint density at radius 3 is 2.35 bits per heavy atom. The molecule has 0 aromatic heterocycles. The number of hydrogen-bond acceptors (Lipinski definition) is 2. The van der Waals surface area contributed by atoms with Crippen LogP contribution in [0.5, 0.6) is 0 Å². The van der Waals surface area contributed by atoms with Gasteiger partial charge in [0.25, 0.3) is 0 Å². The van der Waals surface area contributed by atoms with Gasteiger partial charge in [0.15, 0.2) is 0 Å². The minimum Gasteiger partial charge on any atom is -0.325 e. The molecule has 0 atom stereocenters. The van der Waals surface area contributed by atoms with Gasteiger partial charge >= 0.3 is 0 Å². The molecule has 0 saturated heterocycles. The first-order valence-corrected chi connectivity index (χ1v) is 7.79. The third-order valence-corrected chi connectivity index (χ3v) is 3.49. The second-order valence-electron chi connectivity index (χ2n) is 4.76. The van der Waals surface area contributed by atoms with Crippen molar-refractivity contribution in [1.29, 1.82) is 0 Å². The fraction of sp³-hybridized carbons (Fsp3) is 0.533. The molecule has 112 valence electrons. The van der Waals surface area contributed by atoms with Crippen molar-refractivity contribution in [3.8, 4) is 0 Å². The van der Waals surface area contributed by atoms with Gasteiger partial charge in [-0.2, -0.15) is 0 Å². The van der Waals surface area contributed by atoms with Crippen molar-refractivity contribution in [2.75, 3.05) is 25.0 Å². The number of nitrogens with zero attached hydrogens (tertiary/aromatic N) is 1. The van der Waals surface area contributed by atoms with Crippen molar-refractivity contribution < 1.29 is 4.79 Å². The summed E-state index contributed by atoms with van der Waals surface area (Å²) in [5.41, 5.74) is 0.610. The van der Waals surface area contributed by atoms with E-state index in [9.17, 15) is 4.79 Å². The number of halogens is 2. The highest BCUT2D eigenvalue weighted by atomic mass is 35.5. The fourth-order valence-electron chi connectivity index (χ4n) is 2.03. The Morgan fingerprint density at radius 2 is 1.80 bits per heavy atom. The van der Waals surface area contributed by atoms with Gasteiger partial charge in [-0.1, -0.05) is 37.0 Å². The third kappa shape index (κ3) is 6.12. The summed E-state index contributed by atoms with van der Waals surface area (Å²) >= 11 is 11.8. The molecule has 3 nitrogen and oxygen atoms in total. The van der Waals surface area contributed by atoms with E-state index in [1.165, 1.54) is 0 Å². The van der Waals surface area contributed by atoms with Crippen LogP contribution in [0.3, 0.4) is 0 Å². The zero-order valence-corrected chi connectivity index (χ0v) is 13.6. The highest BCUT2D eigenvalue weighted by molar-refractivity contribution is 6.36. The topological polar surface area (TPSA) is 32.3 Å². The summed E-state index contributed by atoms with van der Waals surface area (Å²) in [4.78, 5) is 14.2. The summed E-state index contributed by atoms with van der Waals surface area (Å²) in [6.45, 7) is 7.14. The predicted molar refractivity (Wildman–Crippen MR) is 86.7 cm³/mol. The summed E-state index contributed by atoms with van der Waals surface area (Å²) in [6, 6.07) is 5.06. The molecule has 1 rings (SSSR count). The Labute approximate surface area is 131 Å². The first-order chi connectivity index (χ1) is 9.56. The number of carbonyl (C=O) groups is 1. The van der Waals surface area contributed by atoms with Gasteiger partial charge in [0.05, 0.1) is 10.7 Å². The average Bonchev–Trinajstić information content (AvgIpc) is 2.40. The summed E-state index contributed by atoms with van der Waals surface area (Å²) in [6.07, 6.45) is 2.67. The molecule has 0 aliphatic rings. The molecular weight excluding hydrogens is 295 g/mol. The molecule has 0 unspecified atom stereocenters. The van der Waals surface area contributed by atoms with Crippen molar-refractivity contribution in [2.45, 2.75) is 33.1 Å². The zero-order chi connectivity index (χ0) is 15.0. The molecule has 0 bridgehead atoms. The van der Waals surface area contributed by atoms with Gasteiger partial charge in [-0.05, 0) is 44.1 Å². The van der Waals surface area contributed by atoms with Crippen LogP contribution in [0.25, 0.3) is 0 Å². The molecule has 1 N–H and O–H groups in total. The normalized spacial score (nSPS) is 10.8. The van der Waals surface area contributed by atoms with E-state index in [0.717, 1.165) is 32.5 Å². The van der Waals surface area contributed by atoms with Crippen molar-refractivity contribution in [2.24, 2.45) is 0 Å². The van der Waals surface area contributed by atoms with Crippen LogP contribution in [0.1, 0.15) is 33.1 Å². The SMILES string of the molecule is CCCN(CCC)CCC(=O)Nc1ccc(Cl)cc1Cl. The number of carbonyl (C=O) groups excluding carboxylic acids is 1. The van der Waals surface area contributed by atoms with Crippen LogP contribution < -0.4 is 5.32 Å². The molecule has 5 heteroatoms. The second-order valence-corrected chi connectivity index (χ2v) is 5.61. The first kappa shape index (κ1) is 17.3. The molecule has 0 heterocycles. The predicted octanol–water partition coefficient (Wildman–Crippen LogP) is 4.44. The molecule has 0 spiro atoms. The Hall–Kier alpha value is -0.770. The fourth-order valence-corrected chi connectivity index (χ4v) is 2.49. The van der Waals surface area contributed by atoms with E-state index in [0.29, 0.717) is 22.2 Å². The molecule has 0 aliphatic heterocycles. The number of amides is 1. The average molecular weight is 317 g/mol. The minimum absolute atomic E-state index is 0.0218. The Morgan fingerprint density at radius 1 is 1.15 bits per heavy atom. The van der Waals surface area contributed by atoms with Gasteiger partial charge in [-0.25, -0.2) is 0 Å². The number of nitrogens with one attached hydrogen (secondary N) is 1. The lowest BCUT2D eigenvalue weighted by atomic mass is 10.2. The summed E-state index contributed by atoms with van der Waals surface area (Å²) < 4.78 is 0. The molecule has 0 fully saturated rings. The van der Waals surface area contributed by atoms with E-state index in [1.54, 1.807) is 18.2 Å². The van der Waals surface area contributed by atoms with Crippen LogP contribution in [0.2, 0.25) is 10.0 Å². The molecule has 0 aliphatic carbocycles. The van der Waals surface area contributed by atoms with E-state index in [4.69, 9.17) is 23.2 Å². The van der Waals surface area contributed by atoms with Crippen LogP contribution in [0, 0.1) is 0 Å². The van der Waals surface area contributed by atoms with Crippen molar-refractivity contribution in [1.82, 2.24) is 4.90 Å². The number of rotatable bonds is 8. The van der Waals surface area contributed by atoms with Crippen molar-refractivity contribution >= 4 is 34.8 Å². The number of anilines is 1. The van der Waals surface area contributed by atoms with Gasteiger partial charge in [0.2, 0.25) is 5.91 Å². The molecule has 1 aromatic rings. The van der Waals surface area contributed by atoms with Crippen molar-refractivity contribution in [3.63, 3.8) is 0 Å². The summed E-state index contributed by atoms with van der Waals surface area (Å²) in [7, 11) is 0. The maximum atomic E-state index is 11.9. The van der Waals surface area contributed by atoms with Gasteiger partial charge in [-0.15, -0.1) is 0 Å². The van der Waals surface area contributed by atoms with Gasteiger partial charge in [-0.3, -0.25) is 4.79 Å². The molecule has 1 aromatic carbocycles. The first-order valence-electron chi connectivity index (χ1n) is 7.04. The Bertz CT molecular complexity index is 432. The van der Waals surface area contributed by atoms with Crippen LogP contribution >= 0.6 is 23.2 Å². The van der Waals surface area contributed by atoms with E-state index in [2.05, 4.69) is 24.1 Å². The molecule has 20 heavy (non-hydrogen) atoms. The maximum Gasteiger partial charge on any atom is 0.225 e. The zero-order valence-electron chi connectivity index (χ0n) is 12.1. The van der Waals surface area contributed by atoms with Crippen LogP contribution in [0.4, 0.5) is 5.69 Å². The smallest absolute Gasteiger partial charge is 0.225 e. The minimum atomic E-state index is -0.0218. The van der Waals surface area contributed by atoms with Gasteiger partial charge in [0.1, 0.15) is 0 Å². The summed E-state index contributed by atoms with van der Waals surface area (Å²) in [5.74, 6) is -0.0218. The van der Waals surface area contributed by atoms with E-state index in [1.807, 2.05) is 0 Å². The van der Waals surface area contributed by atoms with Crippen LogP contribution in [-0.4, -0.2) is 30.4 Å². The van der Waals surface area contributed by atoms with Gasteiger partial charge in [0, 0.05) is 18.0 Å². The van der Waals surface area contributed by atoms with Crippen molar-refractivity contribution in [3.05, 3.63) is 28.2 Å². The maximum absolute atomic E-state index is 11.9. The second kappa shape index (κ2) is 9.22. The lowest BCUT2D eigenvalue weighted by Crippen LogP contribution is -2.29. The Kier molecular flexibility index (Phi) is 7.97. The highest BCUT2D eigenvalue weighted by Crippen LogP contribution is 2.25. The van der Waals surface area contributed by atoms with Crippen LogP contribution in [0.15, 0.2) is 18.2 Å². The van der Waals surface area contributed by atoms with Gasteiger partial charge < -0.3 is 10.2 Å². The molecule has 1 amide bonds. The lowest BCUT2D eigenvalue weighted by Gasteiger charge is -2.20. The number of benzene rings is 1. The summed E-state index contributed by atoms with van der Waals surface area (Å²) in [5, 5.41) is 3.84. The quantitative estimate of drug-likeness (QED) is 0.768. The largest absolute Gasteiger partial charge is 0.325 e.